The Kier molecular flexibility index (Phi) is 7.79. The van der Waals surface area contributed by atoms with Crippen molar-refractivity contribution < 1.29 is 23.8 Å². The summed E-state index contributed by atoms with van der Waals surface area (Å²) < 4.78 is 19.6. The van der Waals surface area contributed by atoms with Crippen LogP contribution in [0.4, 0.5) is 9.18 Å². The topological polar surface area (TPSA) is 78.5 Å². The number of unbranched alkanes of at least 4 members (excludes halogenated alkanes) is 3. The summed E-state index contributed by atoms with van der Waals surface area (Å²) >= 11 is 0. The summed E-state index contributed by atoms with van der Waals surface area (Å²) in [6.45, 7) is 2.67. The van der Waals surface area contributed by atoms with Crippen LogP contribution in [0, 0.1) is 5.82 Å². The summed E-state index contributed by atoms with van der Waals surface area (Å²) in [5.74, 6) is -1.51. The van der Waals surface area contributed by atoms with E-state index in [-0.39, 0.29) is 6.42 Å². The lowest BCUT2D eigenvalue weighted by molar-refractivity contribution is -0.304. The highest BCUT2D eigenvalue weighted by Gasteiger charge is 2.09. The van der Waals surface area contributed by atoms with Crippen molar-refractivity contribution in [1.82, 2.24) is 5.32 Å². The molecule has 144 valence electrons. The van der Waals surface area contributed by atoms with Crippen molar-refractivity contribution in [2.24, 2.45) is 0 Å². The van der Waals surface area contributed by atoms with Gasteiger partial charge in [-0.1, -0.05) is 50.5 Å². The normalized spacial score (nSPS) is 10.4. The van der Waals surface area contributed by atoms with E-state index < -0.39 is 17.9 Å². The van der Waals surface area contributed by atoms with E-state index in [0.29, 0.717) is 29.0 Å². The van der Waals surface area contributed by atoms with Crippen LogP contribution in [0.2, 0.25) is 0 Å². The number of carboxylic acid groups (broad SMARTS) is 1. The molecule has 27 heavy (non-hydrogen) atoms. The molecule has 0 aliphatic heterocycles. The Balaban J connectivity index is 2.00. The molecule has 0 atom stereocenters. The minimum absolute atomic E-state index is 0.294. The van der Waals surface area contributed by atoms with E-state index in [1.54, 1.807) is 24.3 Å². The quantitative estimate of drug-likeness (QED) is 0.684. The highest BCUT2D eigenvalue weighted by molar-refractivity contribution is 5.73. The maximum absolute atomic E-state index is 14.3. The molecule has 0 spiro atoms. The number of amides is 1. The number of aliphatic carboxylic acids is 1. The predicted molar refractivity (Wildman–Crippen MR) is 98.7 cm³/mol. The standard InChI is InChI=1S/C21H24FNO4/c1-2-3-4-5-11-23-21(26)27-17-8-6-7-16(14-17)18-10-9-15(12-19(18)22)13-20(24)25/h6-10,12,14H,2-5,11,13H2,1H3,(H,23,26)(H,24,25)/p-1. The van der Waals surface area contributed by atoms with Crippen molar-refractivity contribution in [2.75, 3.05) is 6.54 Å². The van der Waals surface area contributed by atoms with Crippen molar-refractivity contribution in [2.45, 2.75) is 39.0 Å². The fourth-order valence-electron chi connectivity index (χ4n) is 2.68. The molecule has 1 amide bonds. The first-order valence-corrected chi connectivity index (χ1v) is 9.04. The van der Waals surface area contributed by atoms with Gasteiger partial charge < -0.3 is 20.0 Å². The monoisotopic (exact) mass is 372 g/mol. The first kappa shape index (κ1) is 20.4. The van der Waals surface area contributed by atoms with Gasteiger partial charge in [0.25, 0.3) is 0 Å². The van der Waals surface area contributed by atoms with Gasteiger partial charge in [-0.15, -0.1) is 0 Å². The first-order valence-electron chi connectivity index (χ1n) is 9.04. The molecule has 0 unspecified atom stereocenters. The van der Waals surface area contributed by atoms with Crippen molar-refractivity contribution >= 4 is 12.1 Å². The Hall–Kier alpha value is -2.89. The van der Waals surface area contributed by atoms with Crippen LogP contribution in [0.1, 0.15) is 38.2 Å². The Morgan fingerprint density at radius 3 is 2.63 bits per heavy atom. The van der Waals surface area contributed by atoms with Crippen LogP contribution < -0.4 is 15.2 Å². The Morgan fingerprint density at radius 2 is 1.93 bits per heavy atom. The molecule has 0 aliphatic carbocycles. The van der Waals surface area contributed by atoms with Crippen LogP contribution in [0.15, 0.2) is 42.5 Å². The van der Waals surface area contributed by atoms with Gasteiger partial charge in [-0.25, -0.2) is 9.18 Å². The fourth-order valence-corrected chi connectivity index (χ4v) is 2.68. The molecule has 0 heterocycles. The Labute approximate surface area is 158 Å². The molecule has 0 saturated heterocycles. The van der Waals surface area contributed by atoms with E-state index in [2.05, 4.69) is 12.2 Å². The van der Waals surface area contributed by atoms with Gasteiger partial charge in [0, 0.05) is 24.5 Å². The lowest BCUT2D eigenvalue weighted by Gasteiger charge is -2.10. The minimum Gasteiger partial charge on any atom is -0.550 e. The van der Waals surface area contributed by atoms with Crippen molar-refractivity contribution in [3.8, 4) is 16.9 Å². The molecule has 0 radical (unpaired) electrons. The molecule has 2 aromatic carbocycles. The molecule has 6 heteroatoms. The second-order valence-electron chi connectivity index (χ2n) is 6.27. The summed E-state index contributed by atoms with van der Waals surface area (Å²) in [4.78, 5) is 22.5. The van der Waals surface area contributed by atoms with Crippen LogP contribution in [0.5, 0.6) is 5.75 Å². The average molecular weight is 372 g/mol. The number of hydrogen-bond acceptors (Lipinski definition) is 4. The second-order valence-corrected chi connectivity index (χ2v) is 6.27. The average Bonchev–Trinajstić information content (AvgIpc) is 2.61. The molecule has 2 rings (SSSR count). The molecule has 0 bridgehead atoms. The van der Waals surface area contributed by atoms with Gasteiger partial charge >= 0.3 is 6.09 Å². The van der Waals surface area contributed by atoms with E-state index in [0.717, 1.165) is 25.7 Å². The maximum Gasteiger partial charge on any atom is 0.412 e. The van der Waals surface area contributed by atoms with Crippen LogP contribution >= 0.6 is 0 Å². The number of nitrogens with one attached hydrogen (secondary N) is 1. The highest BCUT2D eigenvalue weighted by Crippen LogP contribution is 2.27. The molecule has 0 fully saturated rings. The predicted octanol–water partition coefficient (Wildman–Crippen LogP) is 3.45. The van der Waals surface area contributed by atoms with Crippen molar-refractivity contribution in [3.63, 3.8) is 0 Å². The molecular weight excluding hydrogens is 349 g/mol. The summed E-state index contributed by atoms with van der Waals surface area (Å²) in [6.07, 6.45) is 3.31. The highest BCUT2D eigenvalue weighted by atomic mass is 19.1. The van der Waals surface area contributed by atoms with E-state index in [4.69, 9.17) is 4.74 Å². The number of carbonyl (C=O) groups excluding carboxylic acids is 2. The number of ether oxygens (including phenoxy) is 1. The maximum atomic E-state index is 14.3. The second kappa shape index (κ2) is 10.3. The number of hydrogen-bond donors (Lipinski definition) is 1. The van der Waals surface area contributed by atoms with Crippen LogP contribution in [-0.2, 0) is 11.2 Å². The first-order chi connectivity index (χ1) is 13.0. The van der Waals surface area contributed by atoms with Gasteiger partial charge in [0.15, 0.2) is 0 Å². The molecule has 0 aromatic heterocycles. The summed E-state index contributed by atoms with van der Waals surface area (Å²) in [5.41, 5.74) is 1.15. The summed E-state index contributed by atoms with van der Waals surface area (Å²) in [6, 6.07) is 10.7. The molecule has 0 saturated carbocycles. The lowest BCUT2D eigenvalue weighted by atomic mass is 10.0. The molecule has 0 aliphatic rings. The van der Waals surface area contributed by atoms with Gasteiger partial charge in [0.05, 0.1) is 0 Å². The Morgan fingerprint density at radius 1 is 1.11 bits per heavy atom. The minimum atomic E-state index is -1.27. The SMILES string of the molecule is CCCCCCNC(=O)Oc1cccc(-c2ccc(CC(=O)[O-])cc2F)c1. The summed E-state index contributed by atoms with van der Waals surface area (Å²) in [5, 5.41) is 13.3. The van der Waals surface area contributed by atoms with Gasteiger partial charge in [-0.2, -0.15) is 0 Å². The Bertz CT molecular complexity index is 792. The molecule has 2 aromatic rings. The van der Waals surface area contributed by atoms with Crippen LogP contribution in [-0.4, -0.2) is 18.6 Å². The van der Waals surface area contributed by atoms with Crippen molar-refractivity contribution in [3.05, 3.63) is 53.8 Å². The molecular formula is C21H23FNO4-. The largest absolute Gasteiger partial charge is 0.550 e. The van der Waals surface area contributed by atoms with E-state index in [1.165, 1.54) is 18.2 Å². The zero-order chi connectivity index (χ0) is 19.6. The zero-order valence-electron chi connectivity index (χ0n) is 15.3. The van der Waals surface area contributed by atoms with E-state index in [9.17, 15) is 19.1 Å². The van der Waals surface area contributed by atoms with Gasteiger partial charge in [0.1, 0.15) is 11.6 Å². The van der Waals surface area contributed by atoms with Crippen LogP contribution in [0.3, 0.4) is 0 Å². The van der Waals surface area contributed by atoms with Crippen LogP contribution in [0.25, 0.3) is 11.1 Å². The zero-order valence-corrected chi connectivity index (χ0v) is 15.3. The van der Waals surface area contributed by atoms with E-state index in [1.807, 2.05) is 0 Å². The number of carbonyl (C=O) groups is 2. The molecule has 5 nitrogen and oxygen atoms in total. The third-order valence-corrected chi connectivity index (χ3v) is 4.04. The van der Waals surface area contributed by atoms with E-state index >= 15 is 0 Å². The van der Waals surface area contributed by atoms with Gasteiger partial charge in [-0.3, -0.25) is 0 Å². The number of benzene rings is 2. The van der Waals surface area contributed by atoms with Gasteiger partial charge in [0.2, 0.25) is 0 Å². The third-order valence-electron chi connectivity index (χ3n) is 4.04. The molecule has 1 N–H and O–H groups in total. The fraction of sp³-hybridized carbons (Fsp3) is 0.333. The summed E-state index contributed by atoms with van der Waals surface area (Å²) in [7, 11) is 0. The number of carboxylic acids is 1. The third kappa shape index (κ3) is 6.73. The smallest absolute Gasteiger partial charge is 0.412 e. The number of rotatable bonds is 9. The van der Waals surface area contributed by atoms with Gasteiger partial charge in [-0.05, 0) is 35.7 Å². The van der Waals surface area contributed by atoms with Crippen molar-refractivity contribution in [1.29, 1.82) is 0 Å². The lowest BCUT2D eigenvalue weighted by Crippen LogP contribution is -2.27. The number of halogens is 1.